The average molecular weight is 248 g/mol. The number of hydrogen-bond acceptors (Lipinski definition) is 4. The summed E-state index contributed by atoms with van der Waals surface area (Å²) < 4.78 is 10.6. The molecule has 0 amide bonds. The van der Waals surface area contributed by atoms with Crippen LogP contribution in [0.25, 0.3) is 0 Å². The zero-order chi connectivity index (χ0) is 13.2. The molecule has 0 radical (unpaired) electrons. The minimum atomic E-state index is -1.69. The van der Waals surface area contributed by atoms with E-state index in [9.17, 15) is 9.90 Å². The number of carbonyl (C=O) groups excluding carboxylic acids is 1. The Kier molecular flexibility index (Phi) is 3.39. The van der Waals surface area contributed by atoms with Gasteiger partial charge >= 0.3 is 0 Å². The molecule has 2 rings (SSSR count). The molecule has 4 heteroatoms. The van der Waals surface area contributed by atoms with Crippen molar-refractivity contribution in [3.8, 4) is 0 Å². The highest BCUT2D eigenvalue weighted by Gasteiger charge is 2.57. The number of ketones is 1. The minimum absolute atomic E-state index is 0.130. The molecule has 0 spiro atoms. The molecule has 0 aromatic heterocycles. The predicted molar refractivity (Wildman–Crippen MR) is 65.6 cm³/mol. The van der Waals surface area contributed by atoms with Crippen LogP contribution in [0.5, 0.6) is 0 Å². The largest absolute Gasteiger partial charge is 0.490 e. The van der Waals surface area contributed by atoms with Crippen molar-refractivity contribution in [1.29, 1.82) is 0 Å². The fourth-order valence-electron chi connectivity index (χ4n) is 2.00. The molecule has 0 heterocycles. The summed E-state index contributed by atoms with van der Waals surface area (Å²) in [5.41, 5.74) is -1.19. The Morgan fingerprint density at radius 2 is 1.72 bits per heavy atom. The average Bonchev–Trinajstić information content (AvgIpc) is 2.43. The Bertz CT molecular complexity index is 478. The zero-order valence-electron chi connectivity index (χ0n) is 10.5. The SMILES string of the molecule is CCOC1=C(OCC)C(O)(c2ccccc2)C1=O. The van der Waals surface area contributed by atoms with E-state index in [1.54, 1.807) is 38.1 Å². The van der Waals surface area contributed by atoms with Gasteiger partial charge in [0.25, 0.3) is 0 Å². The van der Waals surface area contributed by atoms with Gasteiger partial charge in [-0.3, -0.25) is 4.79 Å². The van der Waals surface area contributed by atoms with E-state index in [1.807, 2.05) is 6.07 Å². The molecule has 1 atom stereocenters. The van der Waals surface area contributed by atoms with Gasteiger partial charge in [0.05, 0.1) is 13.2 Å². The van der Waals surface area contributed by atoms with Crippen LogP contribution in [0.3, 0.4) is 0 Å². The Morgan fingerprint density at radius 3 is 2.28 bits per heavy atom. The monoisotopic (exact) mass is 248 g/mol. The van der Waals surface area contributed by atoms with Gasteiger partial charge < -0.3 is 14.6 Å². The first-order chi connectivity index (χ1) is 8.66. The Morgan fingerprint density at radius 1 is 1.11 bits per heavy atom. The van der Waals surface area contributed by atoms with Crippen molar-refractivity contribution in [2.45, 2.75) is 19.4 Å². The van der Waals surface area contributed by atoms with E-state index in [0.717, 1.165) is 0 Å². The molecule has 1 aromatic carbocycles. The van der Waals surface area contributed by atoms with Crippen molar-refractivity contribution in [1.82, 2.24) is 0 Å². The van der Waals surface area contributed by atoms with Gasteiger partial charge in [-0.1, -0.05) is 30.3 Å². The highest BCUT2D eigenvalue weighted by atomic mass is 16.5. The quantitative estimate of drug-likeness (QED) is 0.862. The van der Waals surface area contributed by atoms with E-state index in [2.05, 4.69) is 0 Å². The maximum absolute atomic E-state index is 12.0. The molecule has 1 aliphatic rings. The lowest BCUT2D eigenvalue weighted by Crippen LogP contribution is -2.50. The number of benzene rings is 1. The summed E-state index contributed by atoms with van der Waals surface area (Å²) in [7, 11) is 0. The van der Waals surface area contributed by atoms with Crippen LogP contribution in [0, 0.1) is 0 Å². The highest BCUT2D eigenvalue weighted by molar-refractivity contribution is 6.10. The van der Waals surface area contributed by atoms with Crippen LogP contribution in [0.1, 0.15) is 19.4 Å². The number of carbonyl (C=O) groups is 1. The highest BCUT2D eigenvalue weighted by Crippen LogP contribution is 2.44. The summed E-state index contributed by atoms with van der Waals surface area (Å²) in [5, 5.41) is 10.5. The van der Waals surface area contributed by atoms with Gasteiger partial charge in [0.2, 0.25) is 17.1 Å². The van der Waals surface area contributed by atoms with Gasteiger partial charge in [0.15, 0.2) is 5.76 Å². The van der Waals surface area contributed by atoms with Gasteiger partial charge in [0, 0.05) is 0 Å². The number of ether oxygens (including phenoxy) is 2. The molecule has 0 bridgehead atoms. The van der Waals surface area contributed by atoms with Gasteiger partial charge in [-0.05, 0) is 19.4 Å². The van der Waals surface area contributed by atoms with E-state index < -0.39 is 11.4 Å². The summed E-state index contributed by atoms with van der Waals surface area (Å²) in [5.74, 6) is -0.104. The van der Waals surface area contributed by atoms with Crippen LogP contribution in [-0.4, -0.2) is 24.1 Å². The van der Waals surface area contributed by atoms with Gasteiger partial charge in [-0.25, -0.2) is 0 Å². The summed E-state index contributed by atoms with van der Waals surface area (Å²) in [4.78, 5) is 12.0. The number of aliphatic hydroxyl groups is 1. The van der Waals surface area contributed by atoms with Crippen LogP contribution < -0.4 is 0 Å². The van der Waals surface area contributed by atoms with Gasteiger partial charge in [-0.15, -0.1) is 0 Å². The Labute approximate surface area is 106 Å². The lowest BCUT2D eigenvalue weighted by atomic mass is 9.77. The molecule has 0 aliphatic heterocycles. The normalized spacial score (nSPS) is 22.7. The van der Waals surface area contributed by atoms with Crippen molar-refractivity contribution in [3.05, 3.63) is 47.4 Å². The van der Waals surface area contributed by atoms with Crippen molar-refractivity contribution in [2.75, 3.05) is 13.2 Å². The first kappa shape index (κ1) is 12.6. The topological polar surface area (TPSA) is 55.8 Å². The smallest absolute Gasteiger partial charge is 0.245 e. The standard InChI is InChI=1S/C14H16O4/c1-3-17-11-12(15)14(16,13(11)18-4-2)10-8-6-5-7-9-10/h5-9,16H,3-4H2,1-2H3. The second-order valence-corrected chi connectivity index (χ2v) is 3.93. The Balaban J connectivity index is 2.43. The van der Waals surface area contributed by atoms with E-state index in [4.69, 9.17) is 9.47 Å². The number of rotatable bonds is 5. The third kappa shape index (κ3) is 1.69. The predicted octanol–water partition coefficient (Wildman–Crippen LogP) is 1.74. The second-order valence-electron chi connectivity index (χ2n) is 3.93. The summed E-state index contributed by atoms with van der Waals surface area (Å²) in [6.07, 6.45) is 0. The van der Waals surface area contributed by atoms with Crippen molar-refractivity contribution >= 4 is 5.78 Å². The molecule has 0 fully saturated rings. The van der Waals surface area contributed by atoms with E-state index in [-0.39, 0.29) is 11.5 Å². The maximum Gasteiger partial charge on any atom is 0.245 e. The molecule has 1 aromatic rings. The van der Waals surface area contributed by atoms with Crippen LogP contribution in [0.4, 0.5) is 0 Å². The van der Waals surface area contributed by atoms with Gasteiger partial charge in [-0.2, -0.15) is 0 Å². The maximum atomic E-state index is 12.0. The summed E-state index contributed by atoms with van der Waals surface area (Å²) in [6.45, 7) is 4.31. The Hall–Kier alpha value is -1.81. The fraction of sp³-hybridized carbons (Fsp3) is 0.357. The van der Waals surface area contributed by atoms with E-state index >= 15 is 0 Å². The second kappa shape index (κ2) is 4.82. The molecule has 96 valence electrons. The van der Waals surface area contributed by atoms with E-state index in [1.165, 1.54) is 0 Å². The molecule has 1 aliphatic carbocycles. The molecule has 0 saturated carbocycles. The minimum Gasteiger partial charge on any atom is -0.490 e. The third-order valence-corrected chi connectivity index (χ3v) is 2.84. The van der Waals surface area contributed by atoms with Crippen LogP contribution in [0.2, 0.25) is 0 Å². The first-order valence-corrected chi connectivity index (χ1v) is 5.99. The molecular formula is C14H16O4. The number of Topliss-reactive ketones (excluding diaryl/α,β-unsaturated/α-hetero) is 1. The van der Waals surface area contributed by atoms with Crippen molar-refractivity contribution < 1.29 is 19.4 Å². The molecule has 1 N–H and O–H groups in total. The molecule has 0 saturated heterocycles. The summed E-state index contributed by atoms with van der Waals surface area (Å²) in [6, 6.07) is 8.74. The first-order valence-electron chi connectivity index (χ1n) is 5.99. The third-order valence-electron chi connectivity index (χ3n) is 2.84. The lowest BCUT2D eigenvalue weighted by Gasteiger charge is -2.38. The zero-order valence-corrected chi connectivity index (χ0v) is 10.5. The van der Waals surface area contributed by atoms with E-state index in [0.29, 0.717) is 18.8 Å². The van der Waals surface area contributed by atoms with Crippen LogP contribution in [0.15, 0.2) is 41.9 Å². The van der Waals surface area contributed by atoms with Crippen molar-refractivity contribution in [3.63, 3.8) is 0 Å². The van der Waals surface area contributed by atoms with Crippen molar-refractivity contribution in [2.24, 2.45) is 0 Å². The molecule has 18 heavy (non-hydrogen) atoms. The molecule has 4 nitrogen and oxygen atoms in total. The van der Waals surface area contributed by atoms with Crippen LogP contribution in [-0.2, 0) is 19.9 Å². The number of hydrogen-bond donors (Lipinski definition) is 1. The summed E-state index contributed by atoms with van der Waals surface area (Å²) >= 11 is 0. The lowest BCUT2D eigenvalue weighted by molar-refractivity contribution is -0.148. The van der Waals surface area contributed by atoms with Crippen LogP contribution >= 0.6 is 0 Å². The molecule has 1 unspecified atom stereocenters. The molecular weight excluding hydrogens is 232 g/mol. The fourth-order valence-corrected chi connectivity index (χ4v) is 2.00. The van der Waals surface area contributed by atoms with Gasteiger partial charge in [0.1, 0.15) is 0 Å².